The first-order valence-electron chi connectivity index (χ1n) is 7.53. The van der Waals surface area contributed by atoms with Gasteiger partial charge in [-0.15, -0.1) is 12.4 Å². The molecule has 0 saturated heterocycles. The van der Waals surface area contributed by atoms with Gasteiger partial charge in [0.1, 0.15) is 0 Å². The van der Waals surface area contributed by atoms with Gasteiger partial charge in [0.05, 0.1) is 11.3 Å². The van der Waals surface area contributed by atoms with Crippen molar-refractivity contribution in [3.8, 4) is 5.75 Å². The van der Waals surface area contributed by atoms with Crippen LogP contribution in [0.1, 0.15) is 37.6 Å². The second-order valence-electron chi connectivity index (χ2n) is 5.97. The van der Waals surface area contributed by atoms with Gasteiger partial charge in [0.15, 0.2) is 11.9 Å². The number of fused-ring (bicyclic) bond motifs is 1. The Kier molecular flexibility index (Phi) is 6.84. The summed E-state index contributed by atoms with van der Waals surface area (Å²) in [6.45, 7) is 6.19. The first-order valence-corrected chi connectivity index (χ1v) is 7.53. The van der Waals surface area contributed by atoms with Gasteiger partial charge in [0.25, 0.3) is 11.8 Å². The van der Waals surface area contributed by atoms with Crippen LogP contribution in [0.3, 0.4) is 0 Å². The Balaban J connectivity index is 0.00000264. The number of rotatable bonds is 5. The standard InChI is InChI=1S/C16H23N3O3.ClH/c1-9(2)7-11(8-17)18-16(21)12-5-4-6-13-14(12)22-10(3)15(20)19-13;/h4-6,9-11H,7-8,17H2,1-3H3,(H,18,21)(H,19,20);1H. The van der Waals surface area contributed by atoms with Crippen LogP contribution in [0.4, 0.5) is 5.69 Å². The van der Waals surface area contributed by atoms with Crippen LogP contribution in [0.25, 0.3) is 0 Å². The molecule has 0 aliphatic carbocycles. The summed E-state index contributed by atoms with van der Waals surface area (Å²) in [5.74, 6) is 0.391. The van der Waals surface area contributed by atoms with Crippen molar-refractivity contribution in [2.45, 2.75) is 39.3 Å². The highest BCUT2D eigenvalue weighted by atomic mass is 35.5. The van der Waals surface area contributed by atoms with Crippen LogP contribution in [0.5, 0.6) is 5.75 Å². The third-order valence-electron chi connectivity index (χ3n) is 3.56. The van der Waals surface area contributed by atoms with Gasteiger partial charge in [-0.25, -0.2) is 0 Å². The van der Waals surface area contributed by atoms with Crippen molar-refractivity contribution in [3.63, 3.8) is 0 Å². The Bertz CT molecular complexity index is 578. The van der Waals surface area contributed by atoms with Crippen molar-refractivity contribution >= 4 is 29.9 Å². The number of anilines is 1. The highest BCUT2D eigenvalue weighted by Crippen LogP contribution is 2.33. The van der Waals surface area contributed by atoms with E-state index in [9.17, 15) is 9.59 Å². The number of halogens is 1. The molecule has 2 unspecified atom stereocenters. The average Bonchev–Trinajstić information content (AvgIpc) is 2.46. The van der Waals surface area contributed by atoms with Crippen LogP contribution in [-0.4, -0.2) is 30.5 Å². The Morgan fingerprint density at radius 3 is 2.74 bits per heavy atom. The maximum atomic E-state index is 12.5. The van der Waals surface area contributed by atoms with E-state index in [0.717, 1.165) is 6.42 Å². The Morgan fingerprint density at radius 1 is 1.43 bits per heavy atom. The molecule has 2 rings (SSSR count). The number of nitrogens with two attached hydrogens (primary N) is 1. The largest absolute Gasteiger partial charge is 0.478 e. The van der Waals surface area contributed by atoms with E-state index < -0.39 is 6.10 Å². The molecule has 0 aromatic heterocycles. The van der Waals surface area contributed by atoms with E-state index in [2.05, 4.69) is 24.5 Å². The van der Waals surface area contributed by atoms with Gasteiger partial charge >= 0.3 is 0 Å². The number of amides is 2. The van der Waals surface area contributed by atoms with Crippen molar-refractivity contribution in [3.05, 3.63) is 23.8 Å². The molecule has 2 amide bonds. The number of benzene rings is 1. The maximum Gasteiger partial charge on any atom is 0.265 e. The number of ether oxygens (including phenoxy) is 1. The smallest absolute Gasteiger partial charge is 0.265 e. The van der Waals surface area contributed by atoms with E-state index >= 15 is 0 Å². The van der Waals surface area contributed by atoms with Crippen LogP contribution >= 0.6 is 12.4 Å². The molecule has 1 aromatic rings. The van der Waals surface area contributed by atoms with Crippen molar-refractivity contribution in [1.29, 1.82) is 0 Å². The molecule has 0 fully saturated rings. The van der Waals surface area contributed by atoms with Crippen LogP contribution in [0.2, 0.25) is 0 Å². The second kappa shape index (κ2) is 8.17. The molecule has 0 radical (unpaired) electrons. The summed E-state index contributed by atoms with van der Waals surface area (Å²) in [5, 5.41) is 5.67. The van der Waals surface area contributed by atoms with E-state index in [1.54, 1.807) is 25.1 Å². The molecule has 6 nitrogen and oxygen atoms in total. The number of para-hydroxylation sites is 1. The number of nitrogens with one attached hydrogen (secondary N) is 2. The summed E-state index contributed by atoms with van der Waals surface area (Å²) in [4.78, 5) is 24.1. The Hall–Kier alpha value is -1.79. The van der Waals surface area contributed by atoms with Crippen molar-refractivity contribution in [2.24, 2.45) is 11.7 Å². The lowest BCUT2D eigenvalue weighted by Crippen LogP contribution is -2.42. The molecule has 1 aliphatic rings. The van der Waals surface area contributed by atoms with E-state index in [4.69, 9.17) is 10.5 Å². The predicted octanol–water partition coefficient (Wildman–Crippen LogP) is 1.93. The topological polar surface area (TPSA) is 93.4 Å². The highest BCUT2D eigenvalue weighted by molar-refractivity contribution is 6.04. The van der Waals surface area contributed by atoms with E-state index in [1.165, 1.54) is 0 Å². The minimum atomic E-state index is -0.623. The van der Waals surface area contributed by atoms with Crippen molar-refractivity contribution in [1.82, 2.24) is 5.32 Å². The molecule has 0 saturated carbocycles. The molecular weight excluding hydrogens is 318 g/mol. The van der Waals surface area contributed by atoms with E-state index in [0.29, 0.717) is 29.5 Å². The Labute approximate surface area is 142 Å². The molecule has 128 valence electrons. The average molecular weight is 342 g/mol. The second-order valence-corrected chi connectivity index (χ2v) is 5.97. The Morgan fingerprint density at radius 2 is 2.13 bits per heavy atom. The van der Waals surface area contributed by atoms with E-state index in [-0.39, 0.29) is 30.3 Å². The summed E-state index contributed by atoms with van der Waals surface area (Å²) in [5.41, 5.74) is 6.65. The fourth-order valence-corrected chi connectivity index (χ4v) is 2.45. The molecule has 23 heavy (non-hydrogen) atoms. The quantitative estimate of drug-likeness (QED) is 0.762. The molecular formula is C16H24ClN3O3. The molecule has 1 aliphatic heterocycles. The molecule has 2 atom stereocenters. The van der Waals surface area contributed by atoms with Crippen LogP contribution in [0.15, 0.2) is 18.2 Å². The van der Waals surface area contributed by atoms with Gasteiger partial charge in [0, 0.05) is 12.6 Å². The summed E-state index contributed by atoms with van der Waals surface area (Å²) in [7, 11) is 0. The molecule has 1 aromatic carbocycles. The molecule has 4 N–H and O–H groups in total. The third kappa shape index (κ3) is 4.59. The monoisotopic (exact) mass is 341 g/mol. The molecule has 1 heterocycles. The number of carbonyl (C=O) groups excluding carboxylic acids is 2. The minimum absolute atomic E-state index is 0. The van der Waals surface area contributed by atoms with Gasteiger partial charge in [0.2, 0.25) is 0 Å². The zero-order chi connectivity index (χ0) is 16.3. The fourth-order valence-electron chi connectivity index (χ4n) is 2.45. The first-order chi connectivity index (χ1) is 10.4. The van der Waals surface area contributed by atoms with Gasteiger partial charge < -0.3 is 21.1 Å². The fraction of sp³-hybridized carbons (Fsp3) is 0.500. The number of hydrogen-bond donors (Lipinski definition) is 3. The van der Waals surface area contributed by atoms with Crippen LogP contribution < -0.4 is 21.1 Å². The third-order valence-corrected chi connectivity index (χ3v) is 3.56. The normalized spacial score (nSPS) is 17.4. The summed E-state index contributed by atoms with van der Waals surface area (Å²) < 4.78 is 5.59. The molecule has 0 bridgehead atoms. The lowest BCUT2D eigenvalue weighted by Gasteiger charge is -2.26. The molecule has 0 spiro atoms. The van der Waals surface area contributed by atoms with E-state index in [1.807, 2.05) is 0 Å². The number of carbonyl (C=O) groups is 2. The van der Waals surface area contributed by atoms with Gasteiger partial charge in [-0.1, -0.05) is 19.9 Å². The predicted molar refractivity (Wildman–Crippen MR) is 92.2 cm³/mol. The zero-order valence-electron chi connectivity index (χ0n) is 13.6. The summed E-state index contributed by atoms with van der Waals surface area (Å²) in [6, 6.07) is 5.03. The maximum absolute atomic E-state index is 12.5. The van der Waals surface area contributed by atoms with Crippen LogP contribution in [-0.2, 0) is 4.79 Å². The van der Waals surface area contributed by atoms with Gasteiger partial charge in [-0.2, -0.15) is 0 Å². The van der Waals surface area contributed by atoms with Crippen LogP contribution in [0, 0.1) is 5.92 Å². The summed E-state index contributed by atoms with van der Waals surface area (Å²) >= 11 is 0. The number of hydrogen-bond acceptors (Lipinski definition) is 4. The minimum Gasteiger partial charge on any atom is -0.478 e. The molecule has 7 heteroatoms. The zero-order valence-corrected chi connectivity index (χ0v) is 14.4. The lowest BCUT2D eigenvalue weighted by molar-refractivity contribution is -0.122. The lowest BCUT2D eigenvalue weighted by atomic mass is 10.0. The van der Waals surface area contributed by atoms with Crippen molar-refractivity contribution < 1.29 is 14.3 Å². The summed E-state index contributed by atoms with van der Waals surface area (Å²) in [6.07, 6.45) is 0.188. The van der Waals surface area contributed by atoms with Crippen molar-refractivity contribution in [2.75, 3.05) is 11.9 Å². The first kappa shape index (κ1) is 19.3. The van der Waals surface area contributed by atoms with Gasteiger partial charge in [-0.05, 0) is 31.4 Å². The SMILES string of the molecule is CC(C)CC(CN)NC(=O)c1cccc2c1OC(C)C(=O)N2.Cl. The highest BCUT2D eigenvalue weighted by Gasteiger charge is 2.28. The van der Waals surface area contributed by atoms with Gasteiger partial charge in [-0.3, -0.25) is 9.59 Å².